The lowest BCUT2D eigenvalue weighted by atomic mass is 10.2. The van der Waals surface area contributed by atoms with Crippen molar-refractivity contribution in [2.45, 2.75) is 12.8 Å². The molecule has 0 radical (unpaired) electrons. The van der Waals surface area contributed by atoms with Gasteiger partial charge in [0, 0.05) is 23.8 Å². The molecule has 0 aliphatic rings. The van der Waals surface area contributed by atoms with Gasteiger partial charge in [0.25, 0.3) is 0 Å². The molecule has 1 aromatic carbocycles. The first kappa shape index (κ1) is 16.7. The highest BCUT2D eigenvalue weighted by Crippen LogP contribution is 2.28. The first-order chi connectivity index (χ1) is 12.8. The van der Waals surface area contributed by atoms with E-state index in [4.69, 9.17) is 4.42 Å². The molecule has 5 nitrogen and oxygen atoms in total. The highest BCUT2D eigenvalue weighted by Gasteiger charge is 2.11. The standard InChI is InChI=1S/C19H15N3O2S2/c23-17(22-19-21-14(12-26-19)16-7-4-10-25-16)8-9-18-20-11-15(24-18)13-5-2-1-3-6-13/h1-7,10-12H,8-9H2,(H,21,22,23). The number of anilines is 1. The number of hydrogen-bond acceptors (Lipinski definition) is 6. The lowest BCUT2D eigenvalue weighted by Gasteiger charge is -2.00. The van der Waals surface area contributed by atoms with Crippen LogP contribution in [0.25, 0.3) is 21.9 Å². The Balaban J connectivity index is 1.32. The van der Waals surface area contributed by atoms with E-state index in [1.54, 1.807) is 17.5 Å². The Morgan fingerprint density at radius 2 is 2.00 bits per heavy atom. The van der Waals surface area contributed by atoms with Gasteiger partial charge in [-0.3, -0.25) is 4.79 Å². The second-order valence-electron chi connectivity index (χ2n) is 5.55. The number of nitrogens with one attached hydrogen (secondary N) is 1. The first-order valence-corrected chi connectivity index (χ1v) is 9.83. The average Bonchev–Trinajstić information content (AvgIpc) is 3.41. The fraction of sp³-hybridized carbons (Fsp3) is 0.105. The summed E-state index contributed by atoms with van der Waals surface area (Å²) in [6, 6.07) is 13.8. The van der Waals surface area contributed by atoms with Crippen LogP contribution < -0.4 is 5.32 Å². The van der Waals surface area contributed by atoms with Gasteiger partial charge in [0.15, 0.2) is 16.8 Å². The summed E-state index contributed by atoms with van der Waals surface area (Å²) >= 11 is 3.05. The molecule has 3 aromatic heterocycles. The van der Waals surface area contributed by atoms with Crippen molar-refractivity contribution in [1.82, 2.24) is 9.97 Å². The summed E-state index contributed by atoms with van der Waals surface area (Å²) in [5, 5.41) is 7.40. The zero-order chi connectivity index (χ0) is 17.8. The number of oxazole rings is 1. The summed E-state index contributed by atoms with van der Waals surface area (Å²) < 4.78 is 5.72. The summed E-state index contributed by atoms with van der Waals surface area (Å²) in [5.74, 6) is 1.16. The third-order valence-electron chi connectivity index (χ3n) is 3.70. The first-order valence-electron chi connectivity index (χ1n) is 8.07. The van der Waals surface area contributed by atoms with Crippen LogP contribution in [0.15, 0.2) is 63.8 Å². The number of hydrogen-bond donors (Lipinski definition) is 1. The summed E-state index contributed by atoms with van der Waals surface area (Å²) in [7, 11) is 0. The predicted octanol–water partition coefficient (Wildman–Crippen LogP) is 5.10. The molecule has 0 aliphatic carbocycles. The van der Waals surface area contributed by atoms with Gasteiger partial charge in [-0.1, -0.05) is 36.4 Å². The fourth-order valence-corrected chi connectivity index (χ4v) is 3.92. The monoisotopic (exact) mass is 381 g/mol. The minimum Gasteiger partial charge on any atom is -0.441 e. The van der Waals surface area contributed by atoms with E-state index in [1.807, 2.05) is 53.2 Å². The number of aromatic nitrogens is 2. The molecule has 0 fully saturated rings. The van der Waals surface area contributed by atoms with Gasteiger partial charge in [-0.25, -0.2) is 9.97 Å². The van der Waals surface area contributed by atoms with Crippen molar-refractivity contribution < 1.29 is 9.21 Å². The highest BCUT2D eigenvalue weighted by atomic mass is 32.1. The molecule has 0 aliphatic heterocycles. The van der Waals surface area contributed by atoms with Gasteiger partial charge < -0.3 is 9.73 Å². The molecule has 7 heteroatoms. The van der Waals surface area contributed by atoms with Gasteiger partial charge in [0.05, 0.1) is 16.8 Å². The highest BCUT2D eigenvalue weighted by molar-refractivity contribution is 7.16. The van der Waals surface area contributed by atoms with Crippen molar-refractivity contribution in [3.8, 4) is 21.9 Å². The Morgan fingerprint density at radius 3 is 2.81 bits per heavy atom. The molecule has 3 heterocycles. The van der Waals surface area contributed by atoms with Crippen LogP contribution in [0.2, 0.25) is 0 Å². The predicted molar refractivity (Wildman–Crippen MR) is 104 cm³/mol. The SMILES string of the molecule is O=C(CCc1ncc(-c2ccccc2)o1)Nc1nc(-c2cccs2)cs1. The molecule has 130 valence electrons. The number of carbonyl (C=O) groups excluding carboxylic acids is 1. The number of thiazole rings is 1. The van der Waals surface area contributed by atoms with Gasteiger partial charge in [0.2, 0.25) is 5.91 Å². The van der Waals surface area contributed by atoms with Crippen LogP contribution in [0.4, 0.5) is 5.13 Å². The molecule has 1 N–H and O–H groups in total. The molecule has 0 bridgehead atoms. The summed E-state index contributed by atoms with van der Waals surface area (Å²) in [6.45, 7) is 0. The molecule has 26 heavy (non-hydrogen) atoms. The number of aryl methyl sites for hydroxylation is 1. The minimum absolute atomic E-state index is 0.100. The van der Waals surface area contributed by atoms with E-state index in [0.29, 0.717) is 29.6 Å². The molecule has 0 atom stereocenters. The minimum atomic E-state index is -0.100. The Labute approximate surface area is 158 Å². The number of thiophene rings is 1. The number of carbonyl (C=O) groups is 1. The van der Waals surface area contributed by atoms with Crippen LogP contribution >= 0.6 is 22.7 Å². The topological polar surface area (TPSA) is 68.0 Å². The van der Waals surface area contributed by atoms with Gasteiger partial charge in [0.1, 0.15) is 0 Å². The molecule has 1 amide bonds. The van der Waals surface area contributed by atoms with Crippen molar-refractivity contribution in [1.29, 1.82) is 0 Å². The average molecular weight is 381 g/mol. The largest absolute Gasteiger partial charge is 0.441 e. The van der Waals surface area contributed by atoms with E-state index in [9.17, 15) is 4.79 Å². The van der Waals surface area contributed by atoms with Crippen LogP contribution in [0.3, 0.4) is 0 Å². The number of nitrogens with zero attached hydrogens (tertiary/aromatic N) is 2. The van der Waals surface area contributed by atoms with Crippen LogP contribution in [-0.2, 0) is 11.2 Å². The van der Waals surface area contributed by atoms with Crippen LogP contribution in [0.5, 0.6) is 0 Å². The zero-order valence-electron chi connectivity index (χ0n) is 13.7. The van der Waals surface area contributed by atoms with E-state index >= 15 is 0 Å². The maximum atomic E-state index is 12.1. The smallest absolute Gasteiger partial charge is 0.226 e. The molecule has 4 aromatic rings. The van der Waals surface area contributed by atoms with Crippen molar-refractivity contribution >= 4 is 33.7 Å². The van der Waals surface area contributed by atoms with E-state index < -0.39 is 0 Å². The van der Waals surface area contributed by atoms with E-state index in [0.717, 1.165) is 16.1 Å². The zero-order valence-corrected chi connectivity index (χ0v) is 15.3. The molecule has 4 rings (SSSR count). The van der Waals surface area contributed by atoms with Crippen molar-refractivity contribution in [2.24, 2.45) is 0 Å². The Hall–Kier alpha value is -2.77. The second kappa shape index (κ2) is 7.63. The molecular weight excluding hydrogens is 366 g/mol. The van der Waals surface area contributed by atoms with Gasteiger partial charge in [-0.05, 0) is 11.4 Å². The summed E-state index contributed by atoms with van der Waals surface area (Å²) in [6.07, 6.45) is 2.43. The quantitative estimate of drug-likeness (QED) is 0.505. The molecule has 0 unspecified atom stereocenters. The van der Waals surface area contributed by atoms with Gasteiger partial charge >= 0.3 is 0 Å². The normalized spacial score (nSPS) is 10.8. The number of amides is 1. The maximum absolute atomic E-state index is 12.1. The lowest BCUT2D eigenvalue weighted by Crippen LogP contribution is -2.12. The van der Waals surface area contributed by atoms with Crippen LogP contribution in [0, 0.1) is 0 Å². The van der Waals surface area contributed by atoms with Crippen LogP contribution in [0.1, 0.15) is 12.3 Å². The Morgan fingerprint density at radius 1 is 1.12 bits per heavy atom. The molecular formula is C19H15N3O2S2. The van der Waals surface area contributed by atoms with Gasteiger partial charge in [-0.2, -0.15) is 0 Å². The number of rotatable bonds is 6. The second-order valence-corrected chi connectivity index (χ2v) is 7.35. The van der Waals surface area contributed by atoms with Crippen molar-refractivity contribution in [3.63, 3.8) is 0 Å². The van der Waals surface area contributed by atoms with Crippen LogP contribution in [-0.4, -0.2) is 15.9 Å². The molecule has 0 saturated carbocycles. The Bertz CT molecular complexity index is 991. The maximum Gasteiger partial charge on any atom is 0.226 e. The van der Waals surface area contributed by atoms with E-state index in [2.05, 4.69) is 15.3 Å². The third-order valence-corrected chi connectivity index (χ3v) is 5.35. The molecule has 0 saturated heterocycles. The summed E-state index contributed by atoms with van der Waals surface area (Å²) in [5.41, 5.74) is 1.86. The van der Waals surface area contributed by atoms with Gasteiger partial charge in [-0.15, -0.1) is 22.7 Å². The Kier molecular flexibility index (Phi) is 4.90. The number of benzene rings is 1. The fourth-order valence-electron chi connectivity index (χ4n) is 2.43. The van der Waals surface area contributed by atoms with Crippen molar-refractivity contribution in [2.75, 3.05) is 5.32 Å². The lowest BCUT2D eigenvalue weighted by molar-refractivity contribution is -0.116. The van der Waals surface area contributed by atoms with E-state index in [1.165, 1.54) is 11.3 Å². The molecule has 0 spiro atoms. The van der Waals surface area contributed by atoms with E-state index in [-0.39, 0.29) is 5.91 Å². The van der Waals surface area contributed by atoms with Crippen molar-refractivity contribution in [3.05, 3.63) is 65.3 Å². The third kappa shape index (κ3) is 3.89. The summed E-state index contributed by atoms with van der Waals surface area (Å²) in [4.78, 5) is 21.9.